The van der Waals surface area contributed by atoms with Gasteiger partial charge in [-0.15, -0.1) is 0 Å². The number of carbonyl (C=O) groups is 3. The third-order valence-electron chi connectivity index (χ3n) is 5.26. The van der Waals surface area contributed by atoms with E-state index in [1.54, 1.807) is 18.2 Å². The van der Waals surface area contributed by atoms with Gasteiger partial charge in [0.05, 0.1) is 22.7 Å². The monoisotopic (exact) mass is 498 g/mol. The van der Waals surface area contributed by atoms with Gasteiger partial charge in [0.15, 0.2) is 0 Å². The first-order chi connectivity index (χ1) is 16.3. The summed E-state index contributed by atoms with van der Waals surface area (Å²) in [7, 11) is 0. The minimum Gasteiger partial charge on any atom is -0.489 e. The molecule has 9 heteroatoms. The average molecular weight is 499 g/mol. The van der Waals surface area contributed by atoms with Crippen molar-refractivity contribution in [3.63, 3.8) is 0 Å². The van der Waals surface area contributed by atoms with Gasteiger partial charge < -0.3 is 15.2 Å². The maximum absolute atomic E-state index is 12.8. The summed E-state index contributed by atoms with van der Waals surface area (Å²) in [5.41, 5.74) is 1.45. The second-order valence-electron chi connectivity index (χ2n) is 7.67. The van der Waals surface area contributed by atoms with Crippen molar-refractivity contribution in [1.29, 1.82) is 0 Å². The van der Waals surface area contributed by atoms with Gasteiger partial charge in [0, 0.05) is 12.1 Å². The number of amides is 3. The van der Waals surface area contributed by atoms with Crippen LogP contribution in [0, 0.1) is 0 Å². The van der Waals surface area contributed by atoms with Gasteiger partial charge in [0.25, 0.3) is 17.7 Å². The number of rotatable bonds is 8. The molecule has 3 amide bonds. The lowest BCUT2D eigenvalue weighted by Gasteiger charge is -2.14. The minimum atomic E-state index is -1.02. The molecule has 2 N–H and O–H groups in total. The number of benzene rings is 3. The van der Waals surface area contributed by atoms with Crippen LogP contribution in [0.2, 0.25) is 10.0 Å². The Morgan fingerprint density at radius 2 is 1.71 bits per heavy atom. The Morgan fingerprint density at radius 3 is 2.47 bits per heavy atom. The van der Waals surface area contributed by atoms with E-state index in [0.717, 1.165) is 10.5 Å². The molecular weight excluding hydrogens is 479 g/mol. The molecule has 1 heterocycles. The van der Waals surface area contributed by atoms with Crippen LogP contribution in [-0.2, 0) is 6.54 Å². The molecule has 3 aromatic rings. The predicted octanol–water partition coefficient (Wildman–Crippen LogP) is 3.96. The Bertz CT molecular complexity index is 1250. The van der Waals surface area contributed by atoms with Crippen molar-refractivity contribution in [2.45, 2.75) is 12.6 Å². The Kier molecular flexibility index (Phi) is 7.17. The molecular formula is C25H20Cl2N2O5. The number of hydrogen-bond acceptors (Lipinski definition) is 5. The van der Waals surface area contributed by atoms with Crippen LogP contribution in [0.5, 0.6) is 5.75 Å². The van der Waals surface area contributed by atoms with Gasteiger partial charge >= 0.3 is 0 Å². The summed E-state index contributed by atoms with van der Waals surface area (Å²) in [5, 5.41) is 13.3. The van der Waals surface area contributed by atoms with Crippen LogP contribution in [-0.4, -0.2) is 47.0 Å². The minimum absolute atomic E-state index is 0.0961. The standard InChI is InChI=1S/C25H20Cl2N2O5/c26-20-7-4-8-21(22(20)27)34-14-17(30)12-28-23(31)16-9-10-18-19(11-16)25(33)29(24(18)32)13-15-5-2-1-3-6-15/h1-11,17,30H,12-14H2,(H,28,31). The van der Waals surface area contributed by atoms with E-state index in [-0.39, 0.29) is 41.4 Å². The molecule has 1 aliphatic rings. The van der Waals surface area contributed by atoms with E-state index in [9.17, 15) is 19.5 Å². The molecule has 4 rings (SSSR count). The summed E-state index contributed by atoms with van der Waals surface area (Å²) >= 11 is 12.0. The Labute approximate surface area is 205 Å². The molecule has 3 aromatic carbocycles. The third kappa shape index (κ3) is 5.07. The van der Waals surface area contributed by atoms with Crippen LogP contribution >= 0.6 is 23.2 Å². The van der Waals surface area contributed by atoms with Crippen LogP contribution in [0.15, 0.2) is 66.7 Å². The van der Waals surface area contributed by atoms with Gasteiger partial charge in [-0.3, -0.25) is 19.3 Å². The Morgan fingerprint density at radius 1 is 0.971 bits per heavy atom. The van der Waals surface area contributed by atoms with Gasteiger partial charge in [0.1, 0.15) is 23.5 Å². The van der Waals surface area contributed by atoms with Gasteiger partial charge in [-0.2, -0.15) is 0 Å². The van der Waals surface area contributed by atoms with Crippen molar-refractivity contribution in [3.8, 4) is 5.75 Å². The zero-order valence-electron chi connectivity index (χ0n) is 17.8. The average Bonchev–Trinajstić information content (AvgIpc) is 3.08. The molecule has 0 spiro atoms. The van der Waals surface area contributed by atoms with E-state index in [4.69, 9.17) is 27.9 Å². The van der Waals surface area contributed by atoms with Crippen molar-refractivity contribution < 1.29 is 24.2 Å². The number of hydrogen-bond donors (Lipinski definition) is 2. The van der Waals surface area contributed by atoms with Gasteiger partial charge in [-0.25, -0.2) is 0 Å². The van der Waals surface area contributed by atoms with E-state index >= 15 is 0 Å². The molecule has 0 aromatic heterocycles. The molecule has 174 valence electrons. The van der Waals surface area contributed by atoms with Crippen LogP contribution in [0.25, 0.3) is 0 Å². The second kappa shape index (κ2) is 10.3. The number of imide groups is 1. The number of aliphatic hydroxyl groups is 1. The first kappa shape index (κ1) is 23.8. The number of nitrogens with zero attached hydrogens (tertiary/aromatic N) is 1. The molecule has 7 nitrogen and oxygen atoms in total. The van der Waals surface area contributed by atoms with Crippen LogP contribution in [0.3, 0.4) is 0 Å². The highest BCUT2D eigenvalue weighted by atomic mass is 35.5. The molecule has 34 heavy (non-hydrogen) atoms. The molecule has 0 saturated carbocycles. The normalized spacial score (nSPS) is 13.6. The lowest BCUT2D eigenvalue weighted by atomic mass is 10.1. The number of aliphatic hydroxyl groups excluding tert-OH is 1. The lowest BCUT2D eigenvalue weighted by molar-refractivity contribution is 0.0642. The number of ether oxygens (including phenoxy) is 1. The maximum Gasteiger partial charge on any atom is 0.261 e. The fourth-order valence-electron chi connectivity index (χ4n) is 3.49. The largest absolute Gasteiger partial charge is 0.489 e. The van der Waals surface area contributed by atoms with E-state index in [0.29, 0.717) is 10.8 Å². The number of fused-ring (bicyclic) bond motifs is 1. The zero-order chi connectivity index (χ0) is 24.2. The van der Waals surface area contributed by atoms with E-state index in [2.05, 4.69) is 5.32 Å². The summed E-state index contributed by atoms with van der Waals surface area (Å²) in [4.78, 5) is 39.2. The van der Waals surface area contributed by atoms with Crippen LogP contribution in [0.1, 0.15) is 36.6 Å². The third-order valence-corrected chi connectivity index (χ3v) is 6.06. The fraction of sp³-hybridized carbons (Fsp3) is 0.160. The second-order valence-corrected chi connectivity index (χ2v) is 8.45. The topological polar surface area (TPSA) is 95.9 Å². The van der Waals surface area contributed by atoms with Crippen molar-refractivity contribution in [1.82, 2.24) is 10.2 Å². The lowest BCUT2D eigenvalue weighted by Crippen LogP contribution is -2.35. The van der Waals surface area contributed by atoms with Gasteiger partial charge in [0.2, 0.25) is 0 Å². The predicted molar refractivity (Wildman–Crippen MR) is 127 cm³/mol. The first-order valence-electron chi connectivity index (χ1n) is 10.4. The van der Waals surface area contributed by atoms with E-state index in [1.165, 1.54) is 18.2 Å². The van der Waals surface area contributed by atoms with Crippen molar-refractivity contribution >= 4 is 40.9 Å². The first-order valence-corrected chi connectivity index (χ1v) is 11.2. The maximum atomic E-state index is 12.8. The molecule has 0 bridgehead atoms. The summed E-state index contributed by atoms with van der Waals surface area (Å²) in [6.45, 7) is -0.0649. The van der Waals surface area contributed by atoms with Gasteiger partial charge in [-0.1, -0.05) is 59.6 Å². The molecule has 1 atom stereocenters. The van der Waals surface area contributed by atoms with E-state index < -0.39 is 23.8 Å². The van der Waals surface area contributed by atoms with Crippen molar-refractivity contribution in [2.24, 2.45) is 0 Å². The smallest absolute Gasteiger partial charge is 0.261 e. The molecule has 0 fully saturated rings. The number of carbonyl (C=O) groups excluding carboxylic acids is 3. The SMILES string of the molecule is O=C(NCC(O)COc1cccc(Cl)c1Cl)c1ccc2c(c1)C(=O)N(Cc1ccccc1)C2=O. The summed E-state index contributed by atoms with van der Waals surface area (Å²) in [5.74, 6) is -1.03. The molecule has 0 radical (unpaired) electrons. The number of nitrogens with one attached hydrogen (secondary N) is 1. The highest BCUT2D eigenvalue weighted by Gasteiger charge is 2.36. The zero-order valence-corrected chi connectivity index (χ0v) is 19.3. The van der Waals surface area contributed by atoms with Crippen LogP contribution < -0.4 is 10.1 Å². The molecule has 0 saturated heterocycles. The van der Waals surface area contributed by atoms with Crippen molar-refractivity contribution in [2.75, 3.05) is 13.2 Å². The highest BCUT2D eigenvalue weighted by Crippen LogP contribution is 2.31. The number of halogens is 2. The molecule has 0 aliphatic carbocycles. The van der Waals surface area contributed by atoms with Crippen LogP contribution in [0.4, 0.5) is 0 Å². The summed E-state index contributed by atoms with van der Waals surface area (Å²) in [6, 6.07) is 18.4. The summed E-state index contributed by atoms with van der Waals surface area (Å²) < 4.78 is 5.46. The highest BCUT2D eigenvalue weighted by molar-refractivity contribution is 6.42. The van der Waals surface area contributed by atoms with Gasteiger partial charge in [-0.05, 0) is 35.9 Å². The van der Waals surface area contributed by atoms with Crippen molar-refractivity contribution in [3.05, 3.63) is 99.0 Å². The quantitative estimate of drug-likeness (QED) is 0.458. The Hall–Kier alpha value is -3.39. The summed E-state index contributed by atoms with van der Waals surface area (Å²) in [6.07, 6.45) is -1.02. The Balaban J connectivity index is 1.36. The molecule has 1 aliphatic heterocycles. The van der Waals surface area contributed by atoms with E-state index in [1.807, 2.05) is 30.3 Å². The fourth-order valence-corrected chi connectivity index (χ4v) is 3.84. The molecule has 1 unspecified atom stereocenters.